The second kappa shape index (κ2) is 8.92. The molecule has 9 heteroatoms. The Morgan fingerprint density at radius 3 is 2.48 bits per heavy atom. The Labute approximate surface area is 184 Å². The first-order valence-corrected chi connectivity index (χ1v) is 12.3. The lowest BCUT2D eigenvalue weighted by Crippen LogP contribution is -2.39. The largest absolute Gasteiger partial charge is 0.497 e. The van der Waals surface area contributed by atoms with Gasteiger partial charge in [-0.1, -0.05) is 12.1 Å². The topological polar surface area (TPSA) is 59.5 Å². The van der Waals surface area contributed by atoms with Crippen LogP contribution in [0, 0.1) is 11.6 Å². The van der Waals surface area contributed by atoms with Crippen molar-refractivity contribution in [2.75, 3.05) is 25.1 Å². The van der Waals surface area contributed by atoms with E-state index in [0.717, 1.165) is 34.3 Å². The maximum Gasteiger partial charge on any atom is 0.185 e. The van der Waals surface area contributed by atoms with Crippen molar-refractivity contribution in [3.63, 3.8) is 0 Å². The van der Waals surface area contributed by atoms with Crippen LogP contribution < -0.4 is 9.64 Å². The van der Waals surface area contributed by atoms with Gasteiger partial charge >= 0.3 is 0 Å². The molecule has 1 aliphatic heterocycles. The zero-order valence-electron chi connectivity index (χ0n) is 16.9. The minimum absolute atomic E-state index is 0.368. The van der Waals surface area contributed by atoms with Crippen LogP contribution in [0.2, 0.25) is 0 Å². The number of rotatable bonds is 6. The number of hydrogen-bond acceptors (Lipinski definition) is 6. The third-order valence-corrected chi connectivity index (χ3v) is 8.68. The highest BCUT2D eigenvalue weighted by atomic mass is 32.2. The number of methoxy groups -OCH3 is 1. The van der Waals surface area contributed by atoms with Crippen molar-refractivity contribution in [2.24, 2.45) is 0 Å². The summed E-state index contributed by atoms with van der Waals surface area (Å²) in [5.74, 6) is -1.02. The summed E-state index contributed by atoms with van der Waals surface area (Å²) < 4.78 is 58.0. The fraction of sp³-hybridized carbons (Fsp3) is 0.318. The average Bonchev–Trinajstić information content (AvgIpc) is 3.22. The van der Waals surface area contributed by atoms with Gasteiger partial charge < -0.3 is 9.64 Å². The number of aromatic nitrogens is 1. The molecule has 2 heterocycles. The predicted octanol–water partition coefficient (Wildman–Crippen LogP) is 4.46. The fourth-order valence-electron chi connectivity index (χ4n) is 3.72. The fourth-order valence-corrected chi connectivity index (χ4v) is 6.38. The molecule has 1 aromatic heterocycles. The van der Waals surface area contributed by atoms with Crippen molar-refractivity contribution in [3.8, 4) is 5.75 Å². The van der Waals surface area contributed by atoms with Gasteiger partial charge in [0.15, 0.2) is 15.0 Å². The molecule has 0 radical (unpaired) electrons. The Bertz CT molecular complexity index is 1160. The lowest BCUT2D eigenvalue weighted by Gasteiger charge is -2.31. The lowest BCUT2D eigenvalue weighted by molar-refractivity contribution is 0.414. The summed E-state index contributed by atoms with van der Waals surface area (Å²) >= 11 is 1.53. The van der Waals surface area contributed by atoms with E-state index in [9.17, 15) is 17.2 Å². The van der Waals surface area contributed by atoms with Gasteiger partial charge in [0.05, 0.1) is 18.1 Å². The minimum atomic E-state index is -3.85. The van der Waals surface area contributed by atoms with E-state index in [0.29, 0.717) is 38.4 Å². The van der Waals surface area contributed by atoms with Crippen molar-refractivity contribution in [1.29, 1.82) is 0 Å². The Kier molecular flexibility index (Phi) is 6.24. The highest BCUT2D eigenvalue weighted by molar-refractivity contribution is 7.92. The number of piperidine rings is 1. The number of ether oxygens (including phenoxy) is 1. The van der Waals surface area contributed by atoms with E-state index in [1.54, 1.807) is 7.11 Å². The van der Waals surface area contributed by atoms with Gasteiger partial charge in [-0.2, -0.15) is 0 Å². The van der Waals surface area contributed by atoms with Crippen LogP contribution in [0.25, 0.3) is 0 Å². The number of sulfone groups is 1. The Hall–Kier alpha value is -2.52. The van der Waals surface area contributed by atoms with E-state index in [1.165, 1.54) is 11.3 Å². The Morgan fingerprint density at radius 1 is 1.13 bits per heavy atom. The molecule has 0 aliphatic carbocycles. The molecule has 1 aliphatic rings. The summed E-state index contributed by atoms with van der Waals surface area (Å²) in [4.78, 5) is 6.34. The van der Waals surface area contributed by atoms with E-state index in [1.807, 2.05) is 29.6 Å². The molecule has 164 valence electrons. The quantitative estimate of drug-likeness (QED) is 0.504. The van der Waals surface area contributed by atoms with Gasteiger partial charge in [0, 0.05) is 31.0 Å². The van der Waals surface area contributed by atoms with Gasteiger partial charge in [-0.05, 0) is 42.7 Å². The highest BCUT2D eigenvalue weighted by Crippen LogP contribution is 2.30. The second-order valence-corrected chi connectivity index (χ2v) is 10.5. The molecule has 0 atom stereocenters. The van der Waals surface area contributed by atoms with E-state index in [4.69, 9.17) is 9.72 Å². The van der Waals surface area contributed by atoms with Crippen LogP contribution in [-0.4, -0.2) is 38.9 Å². The van der Waals surface area contributed by atoms with Crippen LogP contribution in [0.15, 0.2) is 52.7 Å². The first-order chi connectivity index (χ1) is 14.9. The van der Waals surface area contributed by atoms with E-state index < -0.39 is 31.6 Å². The van der Waals surface area contributed by atoms with Gasteiger partial charge in [-0.25, -0.2) is 22.2 Å². The summed E-state index contributed by atoms with van der Waals surface area (Å²) in [5, 5.41) is 2.17. The van der Waals surface area contributed by atoms with Crippen molar-refractivity contribution in [2.45, 2.75) is 29.4 Å². The summed E-state index contributed by atoms with van der Waals surface area (Å²) in [6.07, 6.45) is 1.44. The molecule has 0 bridgehead atoms. The monoisotopic (exact) mass is 464 g/mol. The van der Waals surface area contributed by atoms with Crippen LogP contribution in [0.4, 0.5) is 13.9 Å². The standard InChI is InChI=1S/C22H22F2N2O3S2/c1-29-18-5-2-15(3-6-18)12-17-14-30-22(25-17)26-10-8-19(9-11-26)31(27,28)21-7-4-16(23)13-20(21)24/h2-7,13-14,19H,8-12H2,1H3. The molecule has 0 unspecified atom stereocenters. The van der Waals surface area contributed by atoms with Crippen LogP contribution in [-0.2, 0) is 16.3 Å². The van der Waals surface area contributed by atoms with Crippen LogP contribution in [0.3, 0.4) is 0 Å². The zero-order valence-corrected chi connectivity index (χ0v) is 18.6. The SMILES string of the molecule is COc1ccc(Cc2csc(N3CCC(S(=O)(=O)c4ccc(F)cc4F)CC3)n2)cc1. The molecule has 31 heavy (non-hydrogen) atoms. The van der Waals surface area contributed by atoms with E-state index in [-0.39, 0.29) is 0 Å². The number of thiazole rings is 1. The molecule has 1 fully saturated rings. The molecule has 2 aromatic carbocycles. The molecule has 1 saturated heterocycles. The smallest absolute Gasteiger partial charge is 0.185 e. The summed E-state index contributed by atoms with van der Waals surface area (Å²) in [7, 11) is -2.22. The second-order valence-electron chi connectivity index (χ2n) is 7.45. The molecular formula is C22H22F2N2O3S2. The molecule has 5 nitrogen and oxygen atoms in total. The molecule has 0 spiro atoms. The number of nitrogens with zero attached hydrogens (tertiary/aromatic N) is 2. The average molecular weight is 465 g/mol. The molecule has 0 saturated carbocycles. The number of anilines is 1. The van der Waals surface area contributed by atoms with Gasteiger partial charge in [-0.3, -0.25) is 0 Å². The van der Waals surface area contributed by atoms with E-state index >= 15 is 0 Å². The molecule has 4 rings (SSSR count). The lowest BCUT2D eigenvalue weighted by atomic mass is 10.1. The van der Waals surface area contributed by atoms with Gasteiger partial charge in [0.2, 0.25) is 0 Å². The zero-order chi connectivity index (χ0) is 22.0. The third kappa shape index (κ3) is 4.72. The maximum atomic E-state index is 14.0. The molecular weight excluding hydrogens is 442 g/mol. The van der Waals surface area contributed by atoms with Crippen molar-refractivity contribution in [3.05, 3.63) is 70.7 Å². The normalized spacial score (nSPS) is 15.3. The first-order valence-electron chi connectivity index (χ1n) is 9.88. The third-order valence-electron chi connectivity index (χ3n) is 5.44. The minimum Gasteiger partial charge on any atom is -0.497 e. The van der Waals surface area contributed by atoms with Crippen LogP contribution >= 0.6 is 11.3 Å². The van der Waals surface area contributed by atoms with Crippen molar-refractivity contribution in [1.82, 2.24) is 4.98 Å². The first kappa shape index (κ1) is 21.7. The van der Waals surface area contributed by atoms with E-state index in [2.05, 4.69) is 4.90 Å². The van der Waals surface area contributed by atoms with Crippen LogP contribution in [0.5, 0.6) is 5.75 Å². The van der Waals surface area contributed by atoms with Crippen LogP contribution in [0.1, 0.15) is 24.1 Å². The molecule has 3 aromatic rings. The Balaban J connectivity index is 1.39. The predicted molar refractivity (Wildman–Crippen MR) is 117 cm³/mol. The number of benzene rings is 2. The van der Waals surface area contributed by atoms with Gasteiger partial charge in [0.1, 0.15) is 22.3 Å². The summed E-state index contributed by atoms with van der Waals surface area (Å²) in [6, 6.07) is 10.4. The van der Waals surface area contributed by atoms with Crippen molar-refractivity contribution < 1.29 is 21.9 Å². The highest BCUT2D eigenvalue weighted by Gasteiger charge is 2.33. The van der Waals surface area contributed by atoms with Gasteiger partial charge in [-0.15, -0.1) is 11.3 Å². The summed E-state index contributed by atoms with van der Waals surface area (Å²) in [5.41, 5.74) is 2.08. The maximum absolute atomic E-state index is 14.0. The number of hydrogen-bond donors (Lipinski definition) is 0. The van der Waals surface area contributed by atoms with Crippen molar-refractivity contribution >= 4 is 26.3 Å². The molecule has 0 amide bonds. The Morgan fingerprint density at radius 2 is 1.84 bits per heavy atom. The number of halogens is 2. The molecule has 0 N–H and O–H groups in total. The summed E-state index contributed by atoms with van der Waals surface area (Å²) in [6.45, 7) is 1.03. The van der Waals surface area contributed by atoms with Gasteiger partial charge in [0.25, 0.3) is 0 Å².